The van der Waals surface area contributed by atoms with Crippen LogP contribution in [0.4, 0.5) is 0 Å². The molecule has 0 aliphatic heterocycles. The van der Waals surface area contributed by atoms with Crippen molar-refractivity contribution in [1.29, 1.82) is 0 Å². The summed E-state index contributed by atoms with van der Waals surface area (Å²) in [6.07, 6.45) is 7.36. The second-order valence-corrected chi connectivity index (χ2v) is 3.55. The highest BCUT2D eigenvalue weighted by Gasteiger charge is 2.18. The van der Waals surface area contributed by atoms with Gasteiger partial charge in [0.05, 0.1) is 6.10 Å². The van der Waals surface area contributed by atoms with E-state index >= 15 is 0 Å². The Balaban J connectivity index is 0.00000121. The smallest absolute Gasteiger partial charge is 0.0690 e. The van der Waals surface area contributed by atoms with Gasteiger partial charge in [-0.3, -0.25) is 0 Å². The fourth-order valence-corrected chi connectivity index (χ4v) is 1.89. The highest BCUT2D eigenvalue weighted by Crippen LogP contribution is 2.24. The van der Waals surface area contributed by atoms with Gasteiger partial charge in [0, 0.05) is 6.54 Å². The van der Waals surface area contributed by atoms with Crippen LogP contribution in [-0.4, -0.2) is 17.8 Å². The molecule has 0 amide bonds. The fraction of sp³-hybridized carbons (Fsp3) is 1.00. The van der Waals surface area contributed by atoms with Crippen molar-refractivity contribution < 1.29 is 5.11 Å². The van der Waals surface area contributed by atoms with Gasteiger partial charge in [0.25, 0.3) is 0 Å². The molecular formula is C9H20ClNO. The Kier molecular flexibility index (Phi) is 6.81. The number of hydrogen-bond donors (Lipinski definition) is 2. The van der Waals surface area contributed by atoms with E-state index in [4.69, 9.17) is 5.73 Å². The Morgan fingerprint density at radius 3 is 2.08 bits per heavy atom. The monoisotopic (exact) mass is 193 g/mol. The van der Waals surface area contributed by atoms with Crippen LogP contribution in [0.25, 0.3) is 0 Å². The molecule has 3 heteroatoms. The summed E-state index contributed by atoms with van der Waals surface area (Å²) in [6.45, 7) is 0.435. The van der Waals surface area contributed by atoms with Crippen molar-refractivity contribution in [3.05, 3.63) is 0 Å². The maximum Gasteiger partial charge on any atom is 0.0690 e. The van der Waals surface area contributed by atoms with Gasteiger partial charge in [-0.1, -0.05) is 25.7 Å². The van der Waals surface area contributed by atoms with E-state index in [-0.39, 0.29) is 18.5 Å². The minimum Gasteiger partial charge on any atom is -0.392 e. The first-order valence-electron chi connectivity index (χ1n) is 4.72. The third kappa shape index (κ3) is 3.74. The minimum atomic E-state index is -0.243. The first-order chi connectivity index (χ1) is 5.34. The largest absolute Gasteiger partial charge is 0.392 e. The zero-order chi connectivity index (χ0) is 8.10. The van der Waals surface area contributed by atoms with E-state index in [1.165, 1.54) is 38.5 Å². The van der Waals surface area contributed by atoms with Crippen LogP contribution < -0.4 is 5.73 Å². The first-order valence-corrected chi connectivity index (χ1v) is 4.72. The molecule has 1 atom stereocenters. The summed E-state index contributed by atoms with van der Waals surface area (Å²) in [6, 6.07) is 0. The summed E-state index contributed by atoms with van der Waals surface area (Å²) in [7, 11) is 0. The van der Waals surface area contributed by atoms with Gasteiger partial charge in [0.1, 0.15) is 0 Å². The summed E-state index contributed by atoms with van der Waals surface area (Å²) < 4.78 is 0. The van der Waals surface area contributed by atoms with Crippen molar-refractivity contribution in [3.8, 4) is 0 Å². The van der Waals surface area contributed by atoms with Crippen LogP contribution in [-0.2, 0) is 0 Å². The van der Waals surface area contributed by atoms with Crippen LogP contribution in [0.5, 0.6) is 0 Å². The zero-order valence-corrected chi connectivity index (χ0v) is 8.35. The van der Waals surface area contributed by atoms with E-state index in [1.54, 1.807) is 0 Å². The lowest BCUT2D eigenvalue weighted by Gasteiger charge is -2.18. The summed E-state index contributed by atoms with van der Waals surface area (Å²) in [4.78, 5) is 0. The van der Waals surface area contributed by atoms with Crippen molar-refractivity contribution >= 4 is 12.4 Å². The Bertz CT molecular complexity index is 103. The number of aliphatic hydroxyl groups excluding tert-OH is 1. The van der Waals surface area contributed by atoms with Crippen molar-refractivity contribution in [3.63, 3.8) is 0 Å². The predicted octanol–water partition coefficient (Wildman–Crippen LogP) is 1.70. The normalized spacial score (nSPS) is 22.5. The lowest BCUT2D eigenvalue weighted by atomic mass is 9.94. The molecule has 1 saturated carbocycles. The van der Waals surface area contributed by atoms with Crippen LogP contribution in [0.1, 0.15) is 38.5 Å². The number of hydrogen-bond acceptors (Lipinski definition) is 2. The molecule has 2 nitrogen and oxygen atoms in total. The molecule has 1 unspecified atom stereocenters. The Labute approximate surface area is 80.9 Å². The second-order valence-electron chi connectivity index (χ2n) is 3.55. The van der Waals surface area contributed by atoms with Crippen molar-refractivity contribution in [2.45, 2.75) is 44.6 Å². The van der Waals surface area contributed by atoms with Gasteiger partial charge in [0.15, 0.2) is 0 Å². The summed E-state index contributed by atoms with van der Waals surface area (Å²) in [5, 5.41) is 9.48. The van der Waals surface area contributed by atoms with E-state index in [0.29, 0.717) is 12.5 Å². The van der Waals surface area contributed by atoms with Crippen LogP contribution >= 0.6 is 12.4 Å². The summed E-state index contributed by atoms with van der Waals surface area (Å²) in [5.41, 5.74) is 5.40. The molecule has 0 saturated heterocycles. The fourth-order valence-electron chi connectivity index (χ4n) is 1.89. The molecule has 1 rings (SSSR count). The Hall–Kier alpha value is 0.210. The van der Waals surface area contributed by atoms with Crippen molar-refractivity contribution in [1.82, 2.24) is 0 Å². The zero-order valence-electron chi connectivity index (χ0n) is 7.54. The van der Waals surface area contributed by atoms with Gasteiger partial charge >= 0.3 is 0 Å². The Morgan fingerprint density at radius 1 is 1.17 bits per heavy atom. The molecule has 12 heavy (non-hydrogen) atoms. The molecule has 0 aromatic carbocycles. The SMILES string of the molecule is Cl.NCC(O)C1CCCCCC1. The number of nitrogens with two attached hydrogens (primary N) is 1. The first kappa shape index (κ1) is 12.2. The summed E-state index contributed by atoms with van der Waals surface area (Å²) >= 11 is 0. The van der Waals surface area contributed by atoms with E-state index < -0.39 is 0 Å². The molecule has 0 heterocycles. The van der Waals surface area contributed by atoms with E-state index in [0.717, 1.165) is 0 Å². The van der Waals surface area contributed by atoms with Crippen LogP contribution in [0.15, 0.2) is 0 Å². The van der Waals surface area contributed by atoms with E-state index in [9.17, 15) is 5.11 Å². The average Bonchev–Trinajstić information content (AvgIpc) is 2.30. The third-order valence-electron chi connectivity index (χ3n) is 2.69. The molecule has 0 spiro atoms. The predicted molar refractivity (Wildman–Crippen MR) is 53.5 cm³/mol. The van der Waals surface area contributed by atoms with Crippen molar-refractivity contribution in [2.24, 2.45) is 11.7 Å². The average molecular weight is 194 g/mol. The van der Waals surface area contributed by atoms with Gasteiger partial charge in [-0.15, -0.1) is 12.4 Å². The van der Waals surface area contributed by atoms with Crippen LogP contribution in [0.3, 0.4) is 0 Å². The molecular weight excluding hydrogens is 174 g/mol. The van der Waals surface area contributed by atoms with Gasteiger partial charge in [0.2, 0.25) is 0 Å². The maximum absolute atomic E-state index is 9.48. The topological polar surface area (TPSA) is 46.2 Å². The lowest BCUT2D eigenvalue weighted by Crippen LogP contribution is -2.28. The minimum absolute atomic E-state index is 0. The molecule has 0 radical (unpaired) electrons. The van der Waals surface area contributed by atoms with E-state index in [1.807, 2.05) is 0 Å². The second kappa shape index (κ2) is 6.70. The number of aliphatic hydroxyl groups is 1. The Morgan fingerprint density at radius 2 is 1.67 bits per heavy atom. The van der Waals surface area contributed by atoms with Crippen LogP contribution in [0.2, 0.25) is 0 Å². The molecule has 0 bridgehead atoms. The molecule has 1 fully saturated rings. The molecule has 74 valence electrons. The van der Waals surface area contributed by atoms with Gasteiger partial charge < -0.3 is 10.8 Å². The highest BCUT2D eigenvalue weighted by molar-refractivity contribution is 5.85. The molecule has 0 aromatic heterocycles. The molecule has 3 N–H and O–H groups in total. The summed E-state index contributed by atoms with van der Waals surface area (Å²) in [5.74, 6) is 0.488. The van der Waals surface area contributed by atoms with Crippen molar-refractivity contribution in [2.75, 3.05) is 6.54 Å². The number of rotatable bonds is 2. The molecule has 0 aromatic rings. The third-order valence-corrected chi connectivity index (χ3v) is 2.69. The maximum atomic E-state index is 9.48. The van der Waals surface area contributed by atoms with Crippen LogP contribution in [0, 0.1) is 5.92 Å². The van der Waals surface area contributed by atoms with Gasteiger partial charge in [-0.2, -0.15) is 0 Å². The van der Waals surface area contributed by atoms with E-state index in [2.05, 4.69) is 0 Å². The lowest BCUT2D eigenvalue weighted by molar-refractivity contribution is 0.106. The number of halogens is 1. The standard InChI is InChI=1S/C9H19NO.ClH/c10-7-9(11)8-5-3-1-2-4-6-8;/h8-9,11H,1-7,10H2;1H. The molecule has 1 aliphatic rings. The molecule has 1 aliphatic carbocycles. The highest BCUT2D eigenvalue weighted by atomic mass is 35.5. The quantitative estimate of drug-likeness (QED) is 0.656. The van der Waals surface area contributed by atoms with Gasteiger partial charge in [-0.05, 0) is 18.8 Å². The van der Waals surface area contributed by atoms with Gasteiger partial charge in [-0.25, -0.2) is 0 Å².